The van der Waals surface area contributed by atoms with Crippen molar-refractivity contribution < 1.29 is 17.6 Å². The van der Waals surface area contributed by atoms with E-state index in [2.05, 4.69) is 10.3 Å². The fourth-order valence-corrected chi connectivity index (χ4v) is 4.84. The Balaban J connectivity index is 1.58. The highest BCUT2D eigenvalue weighted by atomic mass is 32.2. The van der Waals surface area contributed by atoms with E-state index >= 15 is 0 Å². The largest absolute Gasteiger partial charge is 0.325 e. The molecule has 0 saturated carbocycles. The van der Waals surface area contributed by atoms with Crippen molar-refractivity contribution in [1.82, 2.24) is 9.29 Å². The molecule has 0 unspecified atom stereocenters. The highest BCUT2D eigenvalue weighted by Crippen LogP contribution is 2.23. The Kier molecular flexibility index (Phi) is 6.13. The van der Waals surface area contributed by atoms with Crippen molar-refractivity contribution in [2.24, 2.45) is 0 Å². The number of aromatic nitrogens is 1. The van der Waals surface area contributed by atoms with Gasteiger partial charge in [0.05, 0.1) is 10.8 Å². The molecule has 1 saturated heterocycles. The van der Waals surface area contributed by atoms with Crippen LogP contribution in [0.25, 0.3) is 0 Å². The van der Waals surface area contributed by atoms with Crippen LogP contribution in [-0.4, -0.2) is 42.5 Å². The lowest BCUT2D eigenvalue weighted by molar-refractivity contribution is -0.113. The van der Waals surface area contributed by atoms with Crippen LogP contribution in [0.15, 0.2) is 46.5 Å². The van der Waals surface area contributed by atoms with Crippen LogP contribution in [0.1, 0.15) is 18.4 Å². The van der Waals surface area contributed by atoms with Crippen LogP contribution in [0.4, 0.5) is 10.1 Å². The third kappa shape index (κ3) is 4.85. The number of hydrogen-bond donors (Lipinski definition) is 1. The van der Waals surface area contributed by atoms with Crippen molar-refractivity contribution in [3.05, 3.63) is 47.9 Å². The topological polar surface area (TPSA) is 79.4 Å². The minimum absolute atomic E-state index is 0.0845. The zero-order valence-electron chi connectivity index (χ0n) is 14.8. The summed E-state index contributed by atoms with van der Waals surface area (Å²) in [4.78, 5) is 16.4. The van der Waals surface area contributed by atoms with Gasteiger partial charge in [0, 0.05) is 25.0 Å². The quantitative estimate of drug-likeness (QED) is 0.742. The first-order valence-electron chi connectivity index (χ1n) is 8.51. The molecule has 6 nitrogen and oxygen atoms in total. The van der Waals surface area contributed by atoms with E-state index in [1.807, 2.05) is 0 Å². The number of benzene rings is 1. The molecule has 0 radical (unpaired) electrons. The van der Waals surface area contributed by atoms with E-state index in [4.69, 9.17) is 0 Å². The smallest absolute Gasteiger partial charge is 0.244 e. The lowest BCUT2D eigenvalue weighted by Gasteiger charge is -2.15. The number of nitrogens with zero attached hydrogens (tertiary/aromatic N) is 2. The number of pyridine rings is 1. The number of anilines is 1. The number of nitrogens with one attached hydrogen (secondary N) is 1. The predicted molar refractivity (Wildman–Crippen MR) is 103 cm³/mol. The second kappa shape index (κ2) is 8.37. The number of sulfonamides is 1. The van der Waals surface area contributed by atoms with Crippen LogP contribution in [-0.2, 0) is 14.8 Å². The molecule has 1 aromatic carbocycles. The maximum absolute atomic E-state index is 13.3. The molecular weight excluding hydrogens is 389 g/mol. The molecule has 0 bridgehead atoms. The van der Waals surface area contributed by atoms with Gasteiger partial charge in [-0.2, -0.15) is 4.31 Å². The minimum atomic E-state index is -3.49. The molecule has 27 heavy (non-hydrogen) atoms. The van der Waals surface area contributed by atoms with Gasteiger partial charge in [-0.3, -0.25) is 4.79 Å². The van der Waals surface area contributed by atoms with Crippen LogP contribution >= 0.6 is 11.8 Å². The van der Waals surface area contributed by atoms with E-state index in [1.54, 1.807) is 19.1 Å². The van der Waals surface area contributed by atoms with Crippen molar-refractivity contribution in [2.75, 3.05) is 24.2 Å². The Morgan fingerprint density at radius 2 is 2.00 bits per heavy atom. The molecule has 2 heterocycles. The maximum Gasteiger partial charge on any atom is 0.244 e. The van der Waals surface area contributed by atoms with E-state index in [-0.39, 0.29) is 16.6 Å². The number of aryl methyl sites for hydroxylation is 1. The van der Waals surface area contributed by atoms with E-state index in [1.165, 1.54) is 40.5 Å². The summed E-state index contributed by atoms with van der Waals surface area (Å²) in [6.45, 7) is 2.86. The van der Waals surface area contributed by atoms with Gasteiger partial charge in [0.25, 0.3) is 0 Å². The first-order chi connectivity index (χ1) is 12.9. The van der Waals surface area contributed by atoms with Crippen molar-refractivity contribution in [2.45, 2.75) is 29.7 Å². The van der Waals surface area contributed by atoms with E-state index in [9.17, 15) is 17.6 Å². The molecule has 144 valence electrons. The first kappa shape index (κ1) is 19.8. The predicted octanol–water partition coefficient (Wildman–Crippen LogP) is 3.04. The zero-order chi connectivity index (χ0) is 19.4. The van der Waals surface area contributed by atoms with Crippen LogP contribution in [0, 0.1) is 12.7 Å². The molecule has 0 spiro atoms. The van der Waals surface area contributed by atoms with E-state index in [0.29, 0.717) is 23.8 Å². The summed E-state index contributed by atoms with van der Waals surface area (Å²) in [5.41, 5.74) is 1.20. The van der Waals surface area contributed by atoms with Crippen LogP contribution in [0.2, 0.25) is 0 Å². The third-order valence-corrected chi connectivity index (χ3v) is 7.06. The van der Waals surface area contributed by atoms with E-state index in [0.717, 1.165) is 18.4 Å². The highest BCUT2D eigenvalue weighted by molar-refractivity contribution is 7.99. The van der Waals surface area contributed by atoms with Crippen molar-refractivity contribution in [3.8, 4) is 0 Å². The van der Waals surface area contributed by atoms with Gasteiger partial charge >= 0.3 is 0 Å². The summed E-state index contributed by atoms with van der Waals surface area (Å²) in [7, 11) is -3.49. The second-order valence-corrected chi connectivity index (χ2v) is 9.17. The van der Waals surface area contributed by atoms with Gasteiger partial charge in [0.1, 0.15) is 10.7 Å². The fraction of sp³-hybridized carbons (Fsp3) is 0.333. The Morgan fingerprint density at radius 1 is 1.26 bits per heavy atom. The van der Waals surface area contributed by atoms with Crippen molar-refractivity contribution >= 4 is 33.4 Å². The Hall–Kier alpha value is -1.97. The summed E-state index contributed by atoms with van der Waals surface area (Å²) < 4.78 is 39.7. The molecule has 1 aliphatic heterocycles. The molecule has 1 aromatic heterocycles. The van der Waals surface area contributed by atoms with Crippen molar-refractivity contribution in [3.63, 3.8) is 0 Å². The van der Waals surface area contributed by atoms with Gasteiger partial charge in [0.15, 0.2) is 0 Å². The summed E-state index contributed by atoms with van der Waals surface area (Å²) >= 11 is 1.18. The lowest BCUT2D eigenvalue weighted by atomic mass is 10.2. The number of hydrogen-bond acceptors (Lipinski definition) is 5. The van der Waals surface area contributed by atoms with Gasteiger partial charge in [-0.15, -0.1) is 0 Å². The monoisotopic (exact) mass is 409 g/mol. The summed E-state index contributed by atoms with van der Waals surface area (Å²) in [5, 5.41) is 3.21. The molecule has 3 rings (SSSR count). The standard InChI is InChI=1S/C18H20FN3O3S2/c1-13-4-5-14(19)10-16(13)21-17(23)12-26-18-7-6-15(11-20-18)27(24,25)22-8-2-3-9-22/h4-7,10-11H,2-3,8-9,12H2,1H3,(H,21,23). The van der Waals surface area contributed by atoms with Gasteiger partial charge < -0.3 is 5.32 Å². The van der Waals surface area contributed by atoms with Gasteiger partial charge in [0.2, 0.25) is 15.9 Å². The van der Waals surface area contributed by atoms with Crippen LogP contribution < -0.4 is 5.32 Å². The lowest BCUT2D eigenvalue weighted by Crippen LogP contribution is -2.27. The van der Waals surface area contributed by atoms with Gasteiger partial charge in [-0.05, 0) is 49.6 Å². The van der Waals surface area contributed by atoms with Crippen LogP contribution in [0.3, 0.4) is 0 Å². The Bertz CT molecular complexity index is 927. The molecule has 9 heteroatoms. The van der Waals surface area contributed by atoms with Gasteiger partial charge in [-0.25, -0.2) is 17.8 Å². The summed E-state index contributed by atoms with van der Waals surface area (Å²) in [5.74, 6) is -0.620. The maximum atomic E-state index is 13.3. The fourth-order valence-electron chi connectivity index (χ4n) is 2.74. The number of carbonyl (C=O) groups excluding carboxylic acids is 1. The SMILES string of the molecule is Cc1ccc(F)cc1NC(=O)CSc1ccc(S(=O)(=O)N2CCCC2)cn1. The Labute approximate surface area is 162 Å². The second-order valence-electron chi connectivity index (χ2n) is 6.24. The molecule has 2 aromatic rings. The number of carbonyl (C=O) groups is 1. The number of rotatable bonds is 6. The molecule has 0 aliphatic carbocycles. The van der Waals surface area contributed by atoms with E-state index < -0.39 is 15.8 Å². The number of amides is 1. The average molecular weight is 410 g/mol. The molecule has 1 aliphatic rings. The molecule has 1 fully saturated rings. The molecular formula is C18H20FN3O3S2. The first-order valence-corrected chi connectivity index (χ1v) is 10.9. The molecule has 0 atom stereocenters. The summed E-state index contributed by atoms with van der Waals surface area (Å²) in [6, 6.07) is 7.31. The molecule has 1 N–H and O–H groups in total. The number of halogens is 1. The van der Waals surface area contributed by atoms with Crippen molar-refractivity contribution in [1.29, 1.82) is 0 Å². The highest BCUT2D eigenvalue weighted by Gasteiger charge is 2.27. The zero-order valence-corrected chi connectivity index (χ0v) is 16.4. The average Bonchev–Trinajstić information content (AvgIpc) is 3.19. The Morgan fingerprint density at radius 3 is 2.67 bits per heavy atom. The van der Waals surface area contributed by atoms with Gasteiger partial charge in [-0.1, -0.05) is 17.8 Å². The normalized spacial score (nSPS) is 15.0. The third-order valence-electron chi connectivity index (χ3n) is 4.24. The summed E-state index contributed by atoms with van der Waals surface area (Å²) in [6.07, 6.45) is 3.07. The minimum Gasteiger partial charge on any atom is -0.325 e. The van der Waals surface area contributed by atoms with Crippen LogP contribution in [0.5, 0.6) is 0 Å². The molecule has 1 amide bonds. The number of thioether (sulfide) groups is 1.